The predicted molar refractivity (Wildman–Crippen MR) is 193 cm³/mol. The van der Waals surface area contributed by atoms with Gasteiger partial charge in [-0.15, -0.1) is 0 Å². The molecule has 220 valence electrons. The van der Waals surface area contributed by atoms with Crippen LogP contribution in [0.15, 0.2) is 103 Å². The second-order valence-corrected chi connectivity index (χ2v) is 16.0. The van der Waals surface area contributed by atoms with Crippen molar-refractivity contribution in [2.45, 2.75) is 78.6 Å². The molecule has 2 aliphatic rings. The van der Waals surface area contributed by atoms with E-state index in [0.717, 1.165) is 0 Å². The monoisotopic (exact) mass is 573 g/mol. The first kappa shape index (κ1) is 28.7. The summed E-state index contributed by atoms with van der Waals surface area (Å²) in [6.45, 7) is 21.0. The number of hydrogen-bond donors (Lipinski definition) is 0. The molecule has 0 bridgehead atoms. The molecule has 44 heavy (non-hydrogen) atoms. The van der Waals surface area contributed by atoms with Crippen molar-refractivity contribution in [3.63, 3.8) is 0 Å². The van der Waals surface area contributed by atoms with Gasteiger partial charge in [0.25, 0.3) is 0 Å². The number of hydrogen-bond acceptors (Lipinski definition) is 1. The molecule has 0 unspecified atom stereocenters. The molecule has 0 fully saturated rings. The Balaban J connectivity index is 1.59. The molecule has 0 saturated carbocycles. The predicted octanol–water partition coefficient (Wildman–Crippen LogP) is 9.53. The fraction of sp³-hybridized carbons (Fsp3) is 0.286. The summed E-state index contributed by atoms with van der Waals surface area (Å²) in [6, 6.07) is 39.5. The lowest BCUT2D eigenvalue weighted by molar-refractivity contribution is 0.590. The molecule has 0 radical (unpaired) electrons. The van der Waals surface area contributed by atoms with E-state index in [2.05, 4.69) is 170 Å². The van der Waals surface area contributed by atoms with Crippen molar-refractivity contribution in [2.24, 2.45) is 0 Å². The van der Waals surface area contributed by atoms with E-state index in [0.29, 0.717) is 0 Å². The first-order valence-electron chi connectivity index (χ1n) is 16.1. The first-order chi connectivity index (χ1) is 20.7. The zero-order valence-corrected chi connectivity index (χ0v) is 27.8. The summed E-state index contributed by atoms with van der Waals surface area (Å²) < 4.78 is 0. The lowest BCUT2D eigenvalue weighted by atomic mass is 9.37. The second kappa shape index (κ2) is 9.73. The average molecular weight is 574 g/mol. The molecule has 5 aromatic rings. The van der Waals surface area contributed by atoms with Crippen LogP contribution in [0.2, 0.25) is 0 Å². The van der Waals surface area contributed by atoms with Crippen molar-refractivity contribution in [3.8, 4) is 22.3 Å². The number of rotatable bonds is 2. The standard InChI is InChI=1S/C42H44BN/c1-40(2,3)29-16-13-17-32(24-29)44-37-26-31(42(7,8)9)19-21-36(37)43-35-20-18-30(41(4,5)6)25-33(35)34-22-28(23-38(44)39(34)43)27-14-11-10-12-15-27/h10-26H,1-9H3. The van der Waals surface area contributed by atoms with Gasteiger partial charge in [-0.1, -0.05) is 141 Å². The van der Waals surface area contributed by atoms with Gasteiger partial charge in [-0.05, 0) is 96.4 Å². The molecule has 2 heterocycles. The van der Waals surface area contributed by atoms with Gasteiger partial charge in [0.05, 0.1) is 0 Å². The van der Waals surface area contributed by atoms with Gasteiger partial charge in [0, 0.05) is 17.1 Å². The molecule has 0 aliphatic carbocycles. The normalized spacial score (nSPS) is 13.9. The largest absolute Gasteiger partial charge is 0.311 e. The summed E-state index contributed by atoms with van der Waals surface area (Å²) in [5.74, 6) is 0. The maximum Gasteiger partial charge on any atom is 0.248 e. The van der Waals surface area contributed by atoms with E-state index < -0.39 is 0 Å². The number of benzene rings is 5. The van der Waals surface area contributed by atoms with Gasteiger partial charge < -0.3 is 4.90 Å². The smallest absolute Gasteiger partial charge is 0.248 e. The van der Waals surface area contributed by atoms with Crippen molar-refractivity contribution in [1.29, 1.82) is 0 Å². The third-order valence-corrected chi connectivity index (χ3v) is 9.73. The molecular weight excluding hydrogens is 529 g/mol. The van der Waals surface area contributed by atoms with Crippen LogP contribution in [0.5, 0.6) is 0 Å². The van der Waals surface area contributed by atoms with Crippen LogP contribution < -0.4 is 21.3 Å². The number of nitrogens with zero attached hydrogens (tertiary/aromatic N) is 1. The lowest BCUT2D eigenvalue weighted by Gasteiger charge is -2.38. The topological polar surface area (TPSA) is 3.24 Å². The minimum absolute atomic E-state index is 0.0421. The van der Waals surface area contributed by atoms with Crippen molar-refractivity contribution in [1.82, 2.24) is 0 Å². The maximum atomic E-state index is 2.57. The number of fused-ring (bicyclic) bond motifs is 5. The highest BCUT2D eigenvalue weighted by molar-refractivity contribution is 7.01. The molecule has 0 aromatic heterocycles. The molecule has 2 aliphatic heterocycles. The second-order valence-electron chi connectivity index (χ2n) is 16.0. The van der Waals surface area contributed by atoms with Crippen LogP contribution in [-0.2, 0) is 16.2 Å². The summed E-state index contributed by atoms with van der Waals surface area (Å²) in [7, 11) is 0. The zero-order chi connectivity index (χ0) is 31.2. The van der Waals surface area contributed by atoms with E-state index >= 15 is 0 Å². The Bertz CT molecular complexity index is 1910. The molecule has 0 spiro atoms. The third kappa shape index (κ3) is 4.62. The fourth-order valence-electron chi connectivity index (χ4n) is 7.10. The number of anilines is 3. The summed E-state index contributed by atoms with van der Waals surface area (Å²) in [5.41, 5.74) is 17.6. The van der Waals surface area contributed by atoms with Crippen LogP contribution in [0.1, 0.15) is 79.0 Å². The minimum atomic E-state index is 0.0421. The molecule has 0 amide bonds. The molecule has 0 N–H and O–H groups in total. The Morgan fingerprint density at radius 3 is 1.73 bits per heavy atom. The van der Waals surface area contributed by atoms with Gasteiger partial charge >= 0.3 is 0 Å². The molecule has 7 rings (SSSR count). The highest BCUT2D eigenvalue weighted by Crippen LogP contribution is 2.45. The van der Waals surface area contributed by atoms with Gasteiger partial charge in [0.2, 0.25) is 6.71 Å². The molecule has 1 nitrogen and oxygen atoms in total. The summed E-state index contributed by atoms with van der Waals surface area (Å²) in [5, 5.41) is 0. The van der Waals surface area contributed by atoms with Gasteiger partial charge in [-0.2, -0.15) is 0 Å². The molecule has 5 aromatic carbocycles. The molecular formula is C42H44BN. The Hall–Kier alpha value is -4.04. The van der Waals surface area contributed by atoms with Crippen LogP contribution in [0.25, 0.3) is 22.3 Å². The first-order valence-corrected chi connectivity index (χ1v) is 16.1. The van der Waals surface area contributed by atoms with E-state index in [-0.39, 0.29) is 23.0 Å². The van der Waals surface area contributed by atoms with Gasteiger partial charge in [-0.25, -0.2) is 0 Å². The van der Waals surface area contributed by atoms with Crippen LogP contribution >= 0.6 is 0 Å². The van der Waals surface area contributed by atoms with Crippen LogP contribution in [0, 0.1) is 0 Å². The van der Waals surface area contributed by atoms with Crippen molar-refractivity contribution < 1.29 is 0 Å². The Morgan fingerprint density at radius 2 is 1.07 bits per heavy atom. The van der Waals surface area contributed by atoms with Crippen LogP contribution in [0.4, 0.5) is 17.1 Å². The quantitative estimate of drug-likeness (QED) is 0.186. The minimum Gasteiger partial charge on any atom is -0.311 e. The fourth-order valence-corrected chi connectivity index (χ4v) is 7.10. The average Bonchev–Trinajstić information content (AvgIpc) is 3.31. The third-order valence-electron chi connectivity index (χ3n) is 9.73. The van der Waals surface area contributed by atoms with E-state index in [9.17, 15) is 0 Å². The maximum absolute atomic E-state index is 2.57. The van der Waals surface area contributed by atoms with E-state index in [1.165, 1.54) is 72.4 Å². The Labute approximate surface area is 265 Å². The summed E-state index contributed by atoms with van der Waals surface area (Å²) in [6.07, 6.45) is 0. The summed E-state index contributed by atoms with van der Waals surface area (Å²) >= 11 is 0. The van der Waals surface area contributed by atoms with Gasteiger partial charge in [-0.3, -0.25) is 0 Å². The lowest BCUT2D eigenvalue weighted by Crippen LogP contribution is -2.54. The highest BCUT2D eigenvalue weighted by atomic mass is 15.2. The van der Waals surface area contributed by atoms with Crippen molar-refractivity contribution in [3.05, 3.63) is 120 Å². The SMILES string of the molecule is CC(C)(C)c1cccc(N2c3cc(C(C)(C)C)ccc3B3c4ccc(C(C)(C)C)cc4-c4cc(-c5ccccc5)cc2c43)c1. The molecule has 2 heteroatoms. The van der Waals surface area contributed by atoms with Gasteiger partial charge in [0.1, 0.15) is 0 Å². The van der Waals surface area contributed by atoms with Gasteiger partial charge in [0.15, 0.2) is 0 Å². The van der Waals surface area contributed by atoms with E-state index in [1.807, 2.05) is 0 Å². The Kier molecular flexibility index (Phi) is 6.35. The van der Waals surface area contributed by atoms with Crippen molar-refractivity contribution >= 4 is 40.2 Å². The molecule has 0 saturated heterocycles. The zero-order valence-electron chi connectivity index (χ0n) is 27.8. The van der Waals surface area contributed by atoms with E-state index in [1.54, 1.807) is 0 Å². The van der Waals surface area contributed by atoms with Crippen LogP contribution in [-0.4, -0.2) is 6.71 Å². The van der Waals surface area contributed by atoms with E-state index in [4.69, 9.17) is 0 Å². The summed E-state index contributed by atoms with van der Waals surface area (Å²) in [4.78, 5) is 2.57. The van der Waals surface area contributed by atoms with Crippen molar-refractivity contribution in [2.75, 3.05) is 4.90 Å². The highest BCUT2D eigenvalue weighted by Gasteiger charge is 2.43. The van der Waals surface area contributed by atoms with Crippen LogP contribution in [0.3, 0.4) is 0 Å². The molecule has 0 atom stereocenters. The Morgan fingerprint density at radius 1 is 0.455 bits per heavy atom.